The Bertz CT molecular complexity index is 757. The van der Waals surface area contributed by atoms with Gasteiger partial charge in [0, 0.05) is 5.02 Å². The van der Waals surface area contributed by atoms with E-state index in [1.54, 1.807) is 19.1 Å². The summed E-state index contributed by atoms with van der Waals surface area (Å²) >= 11 is 5.80. The zero-order valence-corrected chi connectivity index (χ0v) is 12.6. The minimum atomic E-state index is -3.77. The molecular formula is C14H14ClNO3S. The monoisotopic (exact) mass is 311 g/mol. The van der Waals surface area contributed by atoms with Crippen molar-refractivity contribution in [3.63, 3.8) is 0 Å². The highest BCUT2D eigenvalue weighted by molar-refractivity contribution is 7.92. The Kier molecular flexibility index (Phi) is 3.92. The third-order valence-electron chi connectivity index (χ3n) is 2.82. The lowest BCUT2D eigenvalue weighted by atomic mass is 10.2. The van der Waals surface area contributed by atoms with Gasteiger partial charge in [0.25, 0.3) is 10.0 Å². The highest BCUT2D eigenvalue weighted by atomic mass is 35.5. The third kappa shape index (κ3) is 3.05. The lowest BCUT2D eigenvalue weighted by Gasteiger charge is -2.12. The fraction of sp³-hybridized carbons (Fsp3) is 0.143. The van der Waals surface area contributed by atoms with E-state index in [4.69, 9.17) is 11.6 Å². The second-order valence-electron chi connectivity index (χ2n) is 4.54. The van der Waals surface area contributed by atoms with E-state index in [1.807, 2.05) is 6.92 Å². The molecule has 106 valence electrons. The summed E-state index contributed by atoms with van der Waals surface area (Å²) in [6, 6.07) is 9.21. The molecule has 2 N–H and O–H groups in total. The Morgan fingerprint density at radius 2 is 1.80 bits per heavy atom. The number of nitrogens with one attached hydrogen (secondary N) is 1. The first-order valence-electron chi connectivity index (χ1n) is 5.88. The van der Waals surface area contributed by atoms with Gasteiger partial charge in [-0.1, -0.05) is 29.3 Å². The topological polar surface area (TPSA) is 66.4 Å². The highest BCUT2D eigenvalue weighted by Gasteiger charge is 2.18. The molecule has 0 fully saturated rings. The Labute approximate surface area is 123 Å². The number of phenolic OH excluding ortho intramolecular Hbond substituents is 1. The molecule has 0 saturated carbocycles. The largest absolute Gasteiger partial charge is 0.506 e. The van der Waals surface area contributed by atoms with Crippen molar-refractivity contribution in [3.05, 3.63) is 52.5 Å². The summed E-state index contributed by atoms with van der Waals surface area (Å²) in [6.07, 6.45) is 0. The summed E-state index contributed by atoms with van der Waals surface area (Å²) in [7, 11) is -3.77. The SMILES string of the molecule is Cc1ccc(S(=O)(=O)Nc2cc(Cl)ccc2O)c(C)c1. The summed E-state index contributed by atoms with van der Waals surface area (Å²) < 4.78 is 27.0. The molecular weight excluding hydrogens is 298 g/mol. The number of aromatic hydroxyl groups is 1. The van der Waals surface area contributed by atoms with Gasteiger partial charge in [-0.25, -0.2) is 8.42 Å². The van der Waals surface area contributed by atoms with Gasteiger partial charge in [0.1, 0.15) is 5.75 Å². The van der Waals surface area contributed by atoms with E-state index in [0.29, 0.717) is 10.6 Å². The average molecular weight is 312 g/mol. The summed E-state index contributed by atoms with van der Waals surface area (Å²) in [5, 5.41) is 10.0. The quantitative estimate of drug-likeness (QED) is 0.853. The van der Waals surface area contributed by atoms with E-state index < -0.39 is 10.0 Å². The van der Waals surface area contributed by atoms with Crippen LogP contribution in [-0.2, 0) is 10.0 Å². The zero-order chi connectivity index (χ0) is 14.9. The molecule has 0 aliphatic rings. The molecule has 0 unspecified atom stereocenters. The molecule has 20 heavy (non-hydrogen) atoms. The van der Waals surface area contributed by atoms with Crippen molar-refractivity contribution in [2.45, 2.75) is 18.7 Å². The highest BCUT2D eigenvalue weighted by Crippen LogP contribution is 2.29. The Hall–Kier alpha value is -1.72. The third-order valence-corrected chi connectivity index (χ3v) is 4.58. The summed E-state index contributed by atoms with van der Waals surface area (Å²) in [5.74, 6) is -0.178. The Balaban J connectivity index is 2.43. The van der Waals surface area contributed by atoms with Crippen LogP contribution in [-0.4, -0.2) is 13.5 Å². The van der Waals surface area contributed by atoms with Gasteiger partial charge in [-0.15, -0.1) is 0 Å². The maximum atomic E-state index is 12.3. The zero-order valence-electron chi connectivity index (χ0n) is 11.0. The van der Waals surface area contributed by atoms with Crippen molar-refractivity contribution >= 4 is 27.3 Å². The first kappa shape index (κ1) is 14.7. The summed E-state index contributed by atoms with van der Waals surface area (Å²) in [5.41, 5.74) is 1.67. The molecule has 0 saturated heterocycles. The number of halogens is 1. The second-order valence-corrected chi connectivity index (χ2v) is 6.62. The van der Waals surface area contributed by atoms with Crippen LogP contribution in [0.25, 0.3) is 0 Å². The standard InChI is InChI=1S/C14H14ClNO3S/c1-9-3-6-14(10(2)7-9)20(18,19)16-12-8-11(15)4-5-13(12)17/h3-8,16-17H,1-2H3. The van der Waals surface area contributed by atoms with Crippen molar-refractivity contribution in [3.8, 4) is 5.75 Å². The van der Waals surface area contributed by atoms with E-state index in [0.717, 1.165) is 5.56 Å². The lowest BCUT2D eigenvalue weighted by molar-refractivity contribution is 0.477. The summed E-state index contributed by atoms with van der Waals surface area (Å²) in [6.45, 7) is 3.61. The van der Waals surface area contributed by atoms with E-state index in [1.165, 1.54) is 24.3 Å². The van der Waals surface area contributed by atoms with E-state index in [-0.39, 0.29) is 16.3 Å². The molecule has 2 aromatic rings. The maximum absolute atomic E-state index is 12.3. The molecule has 0 aliphatic carbocycles. The molecule has 0 spiro atoms. The van der Waals surface area contributed by atoms with Gasteiger partial charge in [-0.2, -0.15) is 0 Å². The molecule has 6 heteroatoms. The van der Waals surface area contributed by atoms with Crippen LogP contribution in [0.2, 0.25) is 5.02 Å². The molecule has 0 bridgehead atoms. The normalized spacial score (nSPS) is 11.3. The molecule has 0 aromatic heterocycles. The van der Waals surface area contributed by atoms with Crippen LogP contribution in [0.4, 0.5) is 5.69 Å². The Morgan fingerprint density at radius 3 is 2.45 bits per heavy atom. The van der Waals surface area contributed by atoms with Crippen LogP contribution in [0.5, 0.6) is 5.75 Å². The minimum absolute atomic E-state index is 0.0532. The van der Waals surface area contributed by atoms with E-state index >= 15 is 0 Å². The van der Waals surface area contributed by atoms with Gasteiger partial charge < -0.3 is 5.11 Å². The lowest BCUT2D eigenvalue weighted by Crippen LogP contribution is -2.14. The molecule has 0 aliphatic heterocycles. The van der Waals surface area contributed by atoms with Gasteiger partial charge in [-0.05, 0) is 43.7 Å². The number of benzene rings is 2. The first-order valence-corrected chi connectivity index (χ1v) is 7.74. The molecule has 2 aromatic carbocycles. The van der Waals surface area contributed by atoms with Gasteiger partial charge in [-0.3, -0.25) is 4.72 Å². The predicted octanol–water partition coefficient (Wildman–Crippen LogP) is 3.46. The van der Waals surface area contributed by atoms with Crippen molar-refractivity contribution in [2.24, 2.45) is 0 Å². The Morgan fingerprint density at radius 1 is 1.10 bits per heavy atom. The van der Waals surface area contributed by atoms with Gasteiger partial charge >= 0.3 is 0 Å². The first-order chi connectivity index (χ1) is 9.29. The number of hydrogen-bond donors (Lipinski definition) is 2. The number of anilines is 1. The molecule has 4 nitrogen and oxygen atoms in total. The van der Waals surface area contributed by atoms with Gasteiger partial charge in [0.05, 0.1) is 10.6 Å². The van der Waals surface area contributed by atoms with Crippen molar-refractivity contribution in [2.75, 3.05) is 4.72 Å². The van der Waals surface area contributed by atoms with E-state index in [2.05, 4.69) is 4.72 Å². The fourth-order valence-electron chi connectivity index (χ4n) is 1.89. The number of sulfonamides is 1. The van der Waals surface area contributed by atoms with Crippen LogP contribution >= 0.6 is 11.6 Å². The summed E-state index contributed by atoms with van der Waals surface area (Å²) in [4.78, 5) is 0.169. The molecule has 2 rings (SSSR count). The minimum Gasteiger partial charge on any atom is -0.506 e. The van der Waals surface area contributed by atoms with Crippen LogP contribution in [0.15, 0.2) is 41.3 Å². The fourth-order valence-corrected chi connectivity index (χ4v) is 3.36. The average Bonchev–Trinajstić information content (AvgIpc) is 2.33. The molecule has 0 radical (unpaired) electrons. The van der Waals surface area contributed by atoms with Gasteiger partial charge in [0.15, 0.2) is 0 Å². The molecule has 0 amide bonds. The number of phenols is 1. The van der Waals surface area contributed by atoms with Crippen molar-refractivity contribution in [1.29, 1.82) is 0 Å². The smallest absolute Gasteiger partial charge is 0.262 e. The van der Waals surface area contributed by atoms with E-state index in [9.17, 15) is 13.5 Å². The van der Waals surface area contributed by atoms with Crippen LogP contribution in [0.3, 0.4) is 0 Å². The number of rotatable bonds is 3. The van der Waals surface area contributed by atoms with Crippen molar-refractivity contribution < 1.29 is 13.5 Å². The van der Waals surface area contributed by atoms with Crippen molar-refractivity contribution in [1.82, 2.24) is 0 Å². The second kappa shape index (κ2) is 5.34. The van der Waals surface area contributed by atoms with Crippen LogP contribution in [0.1, 0.15) is 11.1 Å². The number of hydrogen-bond acceptors (Lipinski definition) is 3. The van der Waals surface area contributed by atoms with Gasteiger partial charge in [0.2, 0.25) is 0 Å². The van der Waals surface area contributed by atoms with Crippen LogP contribution < -0.4 is 4.72 Å². The predicted molar refractivity (Wildman–Crippen MR) is 79.8 cm³/mol. The molecule has 0 atom stereocenters. The maximum Gasteiger partial charge on any atom is 0.262 e. The molecule has 0 heterocycles. The van der Waals surface area contributed by atoms with Crippen LogP contribution in [0, 0.1) is 13.8 Å². The number of aryl methyl sites for hydroxylation is 2.